The van der Waals surface area contributed by atoms with Crippen molar-refractivity contribution < 1.29 is 28.7 Å². The zero-order valence-electron chi connectivity index (χ0n) is 8.03. The van der Waals surface area contributed by atoms with Crippen LogP contribution in [0.15, 0.2) is 18.2 Å². The van der Waals surface area contributed by atoms with E-state index >= 15 is 0 Å². The van der Waals surface area contributed by atoms with E-state index in [1.807, 2.05) is 18.2 Å². The minimum absolute atomic E-state index is 0.572. The van der Waals surface area contributed by atoms with Crippen LogP contribution >= 0.6 is 20.8 Å². The molecule has 0 radical (unpaired) electrons. The van der Waals surface area contributed by atoms with Gasteiger partial charge in [0.1, 0.15) is 11.5 Å². The fourth-order valence-electron chi connectivity index (χ4n) is 0.839. The van der Waals surface area contributed by atoms with E-state index < -0.39 is 0 Å². The normalized spacial score (nSPS) is 8.71. The molecule has 0 aromatic heterocycles. The summed E-state index contributed by atoms with van der Waals surface area (Å²) in [5.74, 6) is 1.70. The van der Waals surface area contributed by atoms with Crippen molar-refractivity contribution in [1.29, 1.82) is 0 Å². The van der Waals surface area contributed by atoms with Gasteiger partial charge in [-0.25, -0.2) is 0 Å². The standard InChI is InChI=1S/C8H11O2P.CH2Cl.Pd/c1-9-6-3-4-7(10-2)8(11)5-6;1-2;/h3-5H,11H2,1-2H3;1H2;. The van der Waals surface area contributed by atoms with Gasteiger partial charge < -0.3 is 9.47 Å². The molecule has 0 saturated heterocycles. The van der Waals surface area contributed by atoms with Crippen LogP contribution < -0.4 is 14.8 Å². The van der Waals surface area contributed by atoms with Gasteiger partial charge in [0.15, 0.2) is 0 Å². The summed E-state index contributed by atoms with van der Waals surface area (Å²) in [6.07, 6.45) is 0. The molecule has 1 aromatic carbocycles. The maximum atomic E-state index is 5.07. The molecule has 83 valence electrons. The zero-order valence-corrected chi connectivity index (χ0v) is 11.5. The number of halogens is 1. The van der Waals surface area contributed by atoms with Crippen molar-refractivity contribution in [2.45, 2.75) is 0 Å². The third kappa shape index (κ3) is 5.17. The Morgan fingerprint density at radius 1 is 1.36 bits per heavy atom. The summed E-state index contributed by atoms with van der Waals surface area (Å²) < 4.78 is 10.7. The Balaban J connectivity index is 0.000000500. The minimum atomic E-state index is 0.572. The van der Waals surface area contributed by atoms with E-state index in [9.17, 15) is 0 Å². The third-order valence-corrected chi connectivity index (χ3v) is 1.89. The quantitative estimate of drug-likeness (QED) is 0.470. The van der Waals surface area contributed by atoms with Crippen molar-refractivity contribution in [3.05, 3.63) is 18.2 Å². The zero-order chi connectivity index (χ0) is 11.0. The molecule has 1 rings (SSSR count). The van der Waals surface area contributed by atoms with Crippen LogP contribution in [0.2, 0.25) is 0 Å². The second-order valence-corrected chi connectivity index (χ2v) is 4.23. The van der Waals surface area contributed by atoms with Gasteiger partial charge in [0.25, 0.3) is 0 Å². The molecule has 1 aromatic rings. The number of ether oxygens (including phenoxy) is 2. The van der Waals surface area contributed by atoms with Gasteiger partial charge in [0.05, 0.1) is 14.2 Å². The van der Waals surface area contributed by atoms with E-state index in [1.54, 1.807) is 14.2 Å². The first-order valence-corrected chi connectivity index (χ1v) is 5.95. The van der Waals surface area contributed by atoms with E-state index in [2.05, 4.69) is 28.4 Å². The number of alkyl halides is 1. The number of benzene rings is 1. The van der Waals surface area contributed by atoms with Crippen LogP contribution in [0.5, 0.6) is 11.5 Å². The first-order chi connectivity index (χ1) is 6.69. The van der Waals surface area contributed by atoms with Gasteiger partial charge in [-0.1, -0.05) is 0 Å². The Kier molecular flexibility index (Phi) is 8.63. The van der Waals surface area contributed by atoms with Crippen molar-refractivity contribution in [2.75, 3.05) is 18.6 Å². The van der Waals surface area contributed by atoms with Crippen LogP contribution in [-0.4, -0.2) is 18.6 Å². The molecule has 1 unspecified atom stereocenters. The molecule has 0 N–H and O–H groups in total. The number of rotatable bonds is 2. The van der Waals surface area contributed by atoms with Gasteiger partial charge in [-0.2, -0.15) is 0 Å². The first kappa shape index (κ1) is 14.2. The van der Waals surface area contributed by atoms with Crippen LogP contribution in [0.1, 0.15) is 0 Å². The van der Waals surface area contributed by atoms with Crippen LogP contribution in [0, 0.1) is 0 Å². The van der Waals surface area contributed by atoms with Crippen molar-refractivity contribution in [3.63, 3.8) is 0 Å². The van der Waals surface area contributed by atoms with Gasteiger partial charge >= 0.3 is 35.2 Å². The molecule has 0 heterocycles. The van der Waals surface area contributed by atoms with Gasteiger partial charge in [-0.15, -0.1) is 9.24 Å². The van der Waals surface area contributed by atoms with E-state index in [0.29, 0.717) is 4.35 Å². The SMILES string of the molecule is COc1ccc(OC)c(P)c1.Cl[CH2][Pd]. The predicted octanol–water partition coefficient (Wildman–Crippen LogP) is 1.93. The number of methoxy groups -OCH3 is 2. The molecule has 0 amide bonds. The maximum absolute atomic E-state index is 5.07. The Morgan fingerprint density at radius 3 is 2.29 bits per heavy atom. The summed E-state index contributed by atoms with van der Waals surface area (Å²) in [4.78, 5) is 0. The molecule has 1 atom stereocenters. The summed E-state index contributed by atoms with van der Waals surface area (Å²) in [6, 6.07) is 5.65. The Bertz CT molecular complexity index is 271. The molecule has 5 heteroatoms. The molecular formula is C9H13ClO2PPd. The van der Waals surface area contributed by atoms with E-state index in [-0.39, 0.29) is 0 Å². The van der Waals surface area contributed by atoms with Crippen LogP contribution in [0.4, 0.5) is 0 Å². The van der Waals surface area contributed by atoms with E-state index in [4.69, 9.17) is 21.1 Å². The molecule has 0 fully saturated rings. The van der Waals surface area contributed by atoms with Crippen molar-refractivity contribution in [3.8, 4) is 11.5 Å². The average Bonchev–Trinajstić information content (AvgIpc) is 2.19. The van der Waals surface area contributed by atoms with Gasteiger partial charge in [0, 0.05) is 5.30 Å². The fourth-order valence-corrected chi connectivity index (χ4v) is 1.22. The molecule has 2 nitrogen and oxygen atoms in total. The molecule has 0 aliphatic heterocycles. The summed E-state index contributed by atoms with van der Waals surface area (Å²) in [6.45, 7) is 0. The molecule has 14 heavy (non-hydrogen) atoms. The predicted molar refractivity (Wildman–Crippen MR) is 59.6 cm³/mol. The van der Waals surface area contributed by atoms with Crippen LogP contribution in [0.25, 0.3) is 0 Å². The van der Waals surface area contributed by atoms with Gasteiger partial charge in [0.2, 0.25) is 0 Å². The van der Waals surface area contributed by atoms with Gasteiger partial charge in [-0.3, -0.25) is 0 Å². The summed E-state index contributed by atoms with van der Waals surface area (Å²) >= 11 is 7.64. The van der Waals surface area contributed by atoms with Crippen LogP contribution in [0.3, 0.4) is 0 Å². The second kappa shape index (κ2) is 8.51. The summed E-state index contributed by atoms with van der Waals surface area (Å²) in [5.41, 5.74) is 0. The summed E-state index contributed by atoms with van der Waals surface area (Å²) in [5, 5.41) is 1.01. The Hall–Kier alpha value is 0.202. The molecule has 0 spiro atoms. The Morgan fingerprint density at radius 2 is 1.93 bits per heavy atom. The molecule has 0 bridgehead atoms. The third-order valence-electron chi connectivity index (χ3n) is 1.44. The molecule has 0 saturated carbocycles. The summed E-state index contributed by atoms with van der Waals surface area (Å²) in [7, 11) is 5.88. The Labute approximate surface area is 103 Å². The van der Waals surface area contributed by atoms with Crippen molar-refractivity contribution in [2.24, 2.45) is 0 Å². The van der Waals surface area contributed by atoms with Crippen molar-refractivity contribution in [1.82, 2.24) is 0 Å². The fraction of sp³-hybridized carbons (Fsp3) is 0.333. The molecule has 0 aliphatic rings. The van der Waals surface area contributed by atoms with Gasteiger partial charge in [-0.05, 0) is 18.2 Å². The monoisotopic (exact) mass is 325 g/mol. The number of hydrogen-bond acceptors (Lipinski definition) is 2. The average molecular weight is 326 g/mol. The first-order valence-electron chi connectivity index (χ1n) is 3.74. The second-order valence-electron chi connectivity index (χ2n) is 2.19. The van der Waals surface area contributed by atoms with E-state index in [0.717, 1.165) is 16.8 Å². The molecular weight excluding hydrogens is 313 g/mol. The van der Waals surface area contributed by atoms with Crippen LogP contribution in [-0.2, 0) is 19.2 Å². The topological polar surface area (TPSA) is 18.5 Å². The molecule has 0 aliphatic carbocycles. The van der Waals surface area contributed by atoms with E-state index in [1.165, 1.54) is 0 Å². The number of hydrogen-bond donors (Lipinski definition) is 0. The van der Waals surface area contributed by atoms with Crippen molar-refractivity contribution >= 4 is 26.1 Å².